The average molecular weight is 414 g/mol. The second-order valence-electron chi connectivity index (χ2n) is 5.50. The highest BCUT2D eigenvalue weighted by atomic mass is 32.2. The number of thiocarbonyl (C=S) groups is 1. The Labute approximate surface area is 160 Å². The SMILES string of the molecule is CCN1C(=O)/C(=C2/Oc3ccccc3N2CC(=O)NS(C)(=O)=O)SC1=S. The maximum absolute atomic E-state index is 12.6. The molecule has 2 heterocycles. The van der Waals surface area contributed by atoms with E-state index in [4.69, 9.17) is 17.0 Å². The number of ether oxygens (including phenoxy) is 1. The van der Waals surface area contributed by atoms with Crippen LogP contribution in [0.3, 0.4) is 0 Å². The Kier molecular flexibility index (Phi) is 4.95. The molecule has 0 bridgehead atoms. The molecule has 1 N–H and O–H groups in total. The molecule has 1 fully saturated rings. The molecule has 1 saturated heterocycles. The molecule has 26 heavy (non-hydrogen) atoms. The smallest absolute Gasteiger partial charge is 0.271 e. The fraction of sp³-hybridized carbons (Fsp3) is 0.267. The minimum atomic E-state index is -3.70. The lowest BCUT2D eigenvalue weighted by Crippen LogP contribution is -2.39. The van der Waals surface area contributed by atoms with E-state index < -0.39 is 15.9 Å². The number of carbonyl (C=O) groups is 2. The number of anilines is 1. The Morgan fingerprint density at radius 2 is 2.00 bits per heavy atom. The molecule has 138 valence electrons. The summed E-state index contributed by atoms with van der Waals surface area (Å²) < 4.78 is 30.7. The first-order valence-corrected chi connectivity index (χ1v) is 10.7. The fourth-order valence-corrected chi connectivity index (χ4v) is 4.42. The molecule has 0 aromatic heterocycles. The molecule has 8 nitrogen and oxygen atoms in total. The van der Waals surface area contributed by atoms with Gasteiger partial charge < -0.3 is 4.74 Å². The van der Waals surface area contributed by atoms with Crippen LogP contribution in [-0.4, -0.2) is 48.8 Å². The minimum Gasteiger partial charge on any atom is -0.437 e. The Balaban J connectivity index is 2.00. The Hall–Kier alpha value is -2.11. The number of sulfonamides is 1. The number of nitrogens with zero attached hydrogens (tertiary/aromatic N) is 2. The van der Waals surface area contributed by atoms with Crippen LogP contribution < -0.4 is 14.4 Å². The Morgan fingerprint density at radius 1 is 1.31 bits per heavy atom. The van der Waals surface area contributed by atoms with Crippen LogP contribution in [0.15, 0.2) is 35.1 Å². The number of benzene rings is 1. The van der Waals surface area contributed by atoms with Gasteiger partial charge >= 0.3 is 0 Å². The number of hydrogen-bond acceptors (Lipinski definition) is 8. The average Bonchev–Trinajstić information content (AvgIpc) is 3.03. The second kappa shape index (κ2) is 6.89. The van der Waals surface area contributed by atoms with Crippen LogP contribution in [0.2, 0.25) is 0 Å². The van der Waals surface area contributed by atoms with Crippen molar-refractivity contribution in [2.24, 2.45) is 0 Å². The third-order valence-corrected chi connectivity index (χ3v) is 5.59. The molecule has 2 aliphatic rings. The molecule has 1 aromatic carbocycles. The second-order valence-corrected chi connectivity index (χ2v) is 8.90. The zero-order valence-corrected chi connectivity index (χ0v) is 16.3. The summed E-state index contributed by atoms with van der Waals surface area (Å²) in [5.74, 6) is -0.408. The molecule has 3 rings (SSSR count). The van der Waals surface area contributed by atoms with Crippen molar-refractivity contribution in [1.82, 2.24) is 9.62 Å². The van der Waals surface area contributed by atoms with Crippen LogP contribution in [0.1, 0.15) is 6.92 Å². The third-order valence-electron chi connectivity index (χ3n) is 3.57. The number of rotatable bonds is 4. The highest BCUT2D eigenvalue weighted by Crippen LogP contribution is 2.43. The molecule has 11 heteroatoms. The van der Waals surface area contributed by atoms with Gasteiger partial charge in [0.05, 0.1) is 11.9 Å². The van der Waals surface area contributed by atoms with Crippen molar-refractivity contribution in [2.45, 2.75) is 6.92 Å². The number of nitrogens with one attached hydrogen (secondary N) is 1. The summed E-state index contributed by atoms with van der Waals surface area (Å²) in [7, 11) is -3.70. The number of thioether (sulfide) groups is 1. The fourth-order valence-electron chi connectivity index (χ4n) is 2.54. The van der Waals surface area contributed by atoms with Gasteiger partial charge in [-0.1, -0.05) is 24.4 Å². The molecule has 2 aliphatic heterocycles. The lowest BCUT2D eigenvalue weighted by atomic mass is 10.3. The van der Waals surface area contributed by atoms with Crippen molar-refractivity contribution in [2.75, 3.05) is 24.2 Å². The van der Waals surface area contributed by atoms with Crippen LogP contribution in [0.5, 0.6) is 5.75 Å². The summed E-state index contributed by atoms with van der Waals surface area (Å²) in [5.41, 5.74) is 0.563. The van der Waals surface area contributed by atoms with Gasteiger partial charge in [-0.15, -0.1) is 0 Å². The molecule has 0 saturated carbocycles. The minimum absolute atomic E-state index is 0.170. The topological polar surface area (TPSA) is 96.0 Å². The number of para-hydroxylation sites is 2. The summed E-state index contributed by atoms with van der Waals surface area (Å²) in [4.78, 5) is 27.9. The molecule has 2 amide bonds. The van der Waals surface area contributed by atoms with Crippen molar-refractivity contribution >= 4 is 55.8 Å². The standard InChI is InChI=1S/C15H15N3O5S3/c1-3-17-13(20)12(25-15(17)24)14-18(8-11(19)16-26(2,21)22)9-6-4-5-7-10(9)23-14/h4-7H,3,8H2,1-2H3,(H,16,19)/b14-12-. The van der Waals surface area contributed by atoms with Crippen LogP contribution in [0.4, 0.5) is 5.69 Å². The zero-order chi connectivity index (χ0) is 19.1. The normalized spacial score (nSPS) is 19.6. The molecule has 1 aromatic rings. The lowest BCUT2D eigenvalue weighted by Gasteiger charge is -2.18. The van der Waals surface area contributed by atoms with Gasteiger partial charge in [-0.05, 0) is 30.8 Å². The maximum atomic E-state index is 12.6. The first-order chi connectivity index (χ1) is 12.2. The van der Waals surface area contributed by atoms with E-state index >= 15 is 0 Å². The predicted octanol–water partition coefficient (Wildman–Crippen LogP) is 1.01. The molecule has 0 radical (unpaired) electrons. The molecule has 0 aliphatic carbocycles. The van der Waals surface area contributed by atoms with Gasteiger partial charge in [-0.3, -0.25) is 24.1 Å². The summed E-state index contributed by atoms with van der Waals surface area (Å²) in [6.07, 6.45) is 0.895. The Bertz CT molecular complexity index is 942. The first-order valence-electron chi connectivity index (χ1n) is 7.54. The molecular formula is C15H15N3O5S3. The quantitative estimate of drug-likeness (QED) is 0.577. The van der Waals surface area contributed by atoms with E-state index in [1.54, 1.807) is 31.2 Å². The van der Waals surface area contributed by atoms with E-state index in [1.807, 2.05) is 4.72 Å². The number of fused-ring (bicyclic) bond motifs is 1. The van der Waals surface area contributed by atoms with Gasteiger partial charge in [0, 0.05) is 6.54 Å². The third kappa shape index (κ3) is 3.55. The largest absolute Gasteiger partial charge is 0.437 e. The van der Waals surface area contributed by atoms with Crippen molar-refractivity contribution in [3.05, 3.63) is 35.1 Å². The number of hydrogen-bond donors (Lipinski definition) is 1. The van der Waals surface area contributed by atoms with Crippen molar-refractivity contribution in [3.8, 4) is 5.75 Å². The van der Waals surface area contributed by atoms with E-state index in [1.165, 1.54) is 9.80 Å². The van der Waals surface area contributed by atoms with E-state index in [0.717, 1.165) is 18.0 Å². The molecule has 0 atom stereocenters. The van der Waals surface area contributed by atoms with E-state index in [2.05, 4.69) is 0 Å². The predicted molar refractivity (Wildman–Crippen MR) is 102 cm³/mol. The van der Waals surface area contributed by atoms with Gasteiger partial charge in [-0.2, -0.15) is 0 Å². The van der Waals surface area contributed by atoms with E-state index in [9.17, 15) is 18.0 Å². The van der Waals surface area contributed by atoms with Crippen molar-refractivity contribution < 1.29 is 22.7 Å². The number of amides is 2. The van der Waals surface area contributed by atoms with Gasteiger partial charge in [0.15, 0.2) is 5.75 Å². The zero-order valence-electron chi connectivity index (χ0n) is 13.9. The molecular weight excluding hydrogens is 398 g/mol. The maximum Gasteiger partial charge on any atom is 0.271 e. The summed E-state index contributed by atoms with van der Waals surface area (Å²) >= 11 is 6.30. The van der Waals surface area contributed by atoms with Crippen LogP contribution in [0.25, 0.3) is 0 Å². The lowest BCUT2D eigenvalue weighted by molar-refractivity contribution is -0.122. The van der Waals surface area contributed by atoms with Crippen LogP contribution in [-0.2, 0) is 19.6 Å². The number of likely N-dealkylation sites (N-methyl/N-ethyl adjacent to an activating group) is 1. The number of carbonyl (C=O) groups excluding carboxylic acids is 2. The Morgan fingerprint density at radius 3 is 2.62 bits per heavy atom. The van der Waals surface area contributed by atoms with Crippen LogP contribution >= 0.6 is 24.0 Å². The van der Waals surface area contributed by atoms with Crippen molar-refractivity contribution in [3.63, 3.8) is 0 Å². The highest BCUT2D eigenvalue weighted by Gasteiger charge is 2.40. The summed E-state index contributed by atoms with van der Waals surface area (Å²) in [6, 6.07) is 6.93. The van der Waals surface area contributed by atoms with Gasteiger partial charge in [0.2, 0.25) is 15.9 Å². The molecule has 0 unspecified atom stereocenters. The molecule has 0 spiro atoms. The van der Waals surface area contributed by atoms with Crippen LogP contribution in [0, 0.1) is 0 Å². The van der Waals surface area contributed by atoms with Crippen molar-refractivity contribution in [1.29, 1.82) is 0 Å². The van der Waals surface area contributed by atoms with Gasteiger partial charge in [0.1, 0.15) is 15.8 Å². The van der Waals surface area contributed by atoms with E-state index in [0.29, 0.717) is 22.3 Å². The summed E-state index contributed by atoms with van der Waals surface area (Å²) in [6.45, 7) is 1.90. The van der Waals surface area contributed by atoms with Gasteiger partial charge in [-0.25, -0.2) is 8.42 Å². The summed E-state index contributed by atoms with van der Waals surface area (Å²) in [5, 5.41) is 0. The monoisotopic (exact) mass is 413 g/mol. The van der Waals surface area contributed by atoms with E-state index in [-0.39, 0.29) is 23.2 Å². The van der Waals surface area contributed by atoms with Gasteiger partial charge in [0.25, 0.3) is 11.8 Å². The highest BCUT2D eigenvalue weighted by molar-refractivity contribution is 8.26. The first kappa shape index (κ1) is 18.7.